The van der Waals surface area contributed by atoms with E-state index in [1.165, 1.54) is 12.4 Å². The van der Waals surface area contributed by atoms with Crippen molar-refractivity contribution in [3.8, 4) is 0 Å². The Morgan fingerprint density at radius 2 is 2.10 bits per heavy atom. The van der Waals surface area contributed by atoms with E-state index < -0.39 is 12.0 Å². The van der Waals surface area contributed by atoms with Gasteiger partial charge >= 0.3 is 12.0 Å². The monoisotopic (exact) mass is 286 g/mol. The molecule has 2 rings (SSSR count). The smallest absolute Gasteiger partial charge is 0.336 e. The molecule has 0 aliphatic carbocycles. The van der Waals surface area contributed by atoms with Crippen molar-refractivity contribution in [3.63, 3.8) is 0 Å². The highest BCUT2D eigenvalue weighted by molar-refractivity contribution is 5.95. The zero-order chi connectivity index (χ0) is 15.2. The maximum absolute atomic E-state index is 11.8. The van der Waals surface area contributed by atoms with Crippen molar-refractivity contribution in [2.75, 3.05) is 5.32 Å². The molecule has 0 fully saturated rings. The van der Waals surface area contributed by atoms with Gasteiger partial charge in [-0.15, -0.1) is 0 Å². The van der Waals surface area contributed by atoms with Crippen molar-refractivity contribution in [1.29, 1.82) is 0 Å². The van der Waals surface area contributed by atoms with Crippen LogP contribution in [0.5, 0.6) is 0 Å². The number of urea groups is 1. The minimum atomic E-state index is -1.03. The average molecular weight is 286 g/mol. The van der Waals surface area contributed by atoms with E-state index in [0.717, 1.165) is 0 Å². The number of nitrogens with zero attached hydrogens (tertiary/aromatic N) is 2. The number of carbonyl (C=O) groups excluding carboxylic acids is 1. The van der Waals surface area contributed by atoms with Crippen molar-refractivity contribution >= 4 is 17.7 Å². The second-order valence-electron chi connectivity index (χ2n) is 4.29. The fraction of sp³-hybridized carbons (Fsp3) is 0.143. The van der Waals surface area contributed by atoms with Crippen LogP contribution in [0.15, 0.2) is 36.8 Å². The minimum Gasteiger partial charge on any atom is -0.478 e. The Balaban J connectivity index is 2.00. The molecular formula is C14H14N4O3. The van der Waals surface area contributed by atoms with Gasteiger partial charge in [-0.25, -0.2) is 19.6 Å². The van der Waals surface area contributed by atoms with Gasteiger partial charge in [-0.1, -0.05) is 6.07 Å². The van der Waals surface area contributed by atoms with E-state index >= 15 is 0 Å². The predicted molar refractivity (Wildman–Crippen MR) is 76.0 cm³/mol. The van der Waals surface area contributed by atoms with E-state index in [-0.39, 0.29) is 12.1 Å². The number of anilines is 1. The molecule has 7 nitrogen and oxygen atoms in total. The van der Waals surface area contributed by atoms with Gasteiger partial charge in [0.05, 0.1) is 17.8 Å². The number of aromatic nitrogens is 2. The average Bonchev–Trinajstić information content (AvgIpc) is 2.48. The molecule has 1 aromatic heterocycles. The van der Waals surface area contributed by atoms with Gasteiger partial charge in [0.2, 0.25) is 0 Å². The number of carboxylic acids is 1. The summed E-state index contributed by atoms with van der Waals surface area (Å²) in [4.78, 5) is 30.6. The third-order valence-electron chi connectivity index (χ3n) is 2.89. The Labute approximate surface area is 121 Å². The summed E-state index contributed by atoms with van der Waals surface area (Å²) in [5, 5.41) is 14.3. The molecule has 2 aromatic rings. The lowest BCUT2D eigenvalue weighted by Crippen LogP contribution is -2.29. The molecule has 7 heteroatoms. The number of hydrogen-bond acceptors (Lipinski definition) is 4. The Hall–Kier alpha value is -2.96. The van der Waals surface area contributed by atoms with E-state index in [4.69, 9.17) is 5.11 Å². The second kappa shape index (κ2) is 6.47. The van der Waals surface area contributed by atoms with Gasteiger partial charge in [0.15, 0.2) is 0 Å². The quantitative estimate of drug-likeness (QED) is 0.795. The summed E-state index contributed by atoms with van der Waals surface area (Å²) in [6.45, 7) is 1.90. The van der Waals surface area contributed by atoms with Crippen LogP contribution in [0, 0.1) is 6.92 Å². The molecule has 3 N–H and O–H groups in total. The lowest BCUT2D eigenvalue weighted by molar-refractivity contribution is 0.0696. The molecule has 0 atom stereocenters. The van der Waals surface area contributed by atoms with E-state index in [2.05, 4.69) is 20.6 Å². The van der Waals surface area contributed by atoms with Gasteiger partial charge in [-0.2, -0.15) is 0 Å². The first kappa shape index (κ1) is 14.4. The van der Waals surface area contributed by atoms with Crippen LogP contribution in [0.25, 0.3) is 0 Å². The van der Waals surface area contributed by atoms with Gasteiger partial charge in [0.25, 0.3) is 0 Å². The van der Waals surface area contributed by atoms with Crippen molar-refractivity contribution in [2.24, 2.45) is 0 Å². The molecule has 1 heterocycles. The largest absolute Gasteiger partial charge is 0.478 e. The summed E-state index contributed by atoms with van der Waals surface area (Å²) in [5.41, 5.74) is 1.79. The van der Waals surface area contributed by atoms with Crippen LogP contribution in [0.3, 0.4) is 0 Å². The molecule has 0 aliphatic heterocycles. The van der Waals surface area contributed by atoms with Crippen molar-refractivity contribution in [2.45, 2.75) is 13.5 Å². The lowest BCUT2D eigenvalue weighted by atomic mass is 10.1. The predicted octanol–water partition coefficient (Wildman–Crippen LogP) is 1.80. The van der Waals surface area contributed by atoms with E-state index in [1.807, 2.05) is 0 Å². The summed E-state index contributed by atoms with van der Waals surface area (Å²) >= 11 is 0. The van der Waals surface area contributed by atoms with Crippen molar-refractivity contribution in [1.82, 2.24) is 15.3 Å². The molecule has 0 aliphatic rings. The number of hydrogen-bond donors (Lipinski definition) is 3. The highest BCUT2D eigenvalue weighted by Gasteiger charge is 2.11. The standard InChI is InChI=1S/C14H14N4O3/c1-9-11(13(19)20)3-2-4-12(9)18-14(21)16-7-10-5-6-15-8-17-10/h2-6,8H,7H2,1H3,(H,19,20)(H2,16,18,21). The number of amides is 2. The summed E-state index contributed by atoms with van der Waals surface area (Å²) in [6, 6.07) is 5.97. The van der Waals surface area contributed by atoms with Gasteiger partial charge < -0.3 is 15.7 Å². The summed E-state index contributed by atoms with van der Waals surface area (Å²) in [5.74, 6) is -1.03. The molecule has 108 valence electrons. The molecule has 1 aromatic carbocycles. The van der Waals surface area contributed by atoms with Crippen LogP contribution in [-0.4, -0.2) is 27.1 Å². The van der Waals surface area contributed by atoms with Gasteiger partial charge in [-0.05, 0) is 30.7 Å². The molecule has 2 amide bonds. The molecular weight excluding hydrogens is 272 g/mol. The summed E-state index contributed by atoms with van der Waals surface area (Å²) in [6.07, 6.45) is 2.98. The molecule has 0 saturated carbocycles. The molecule has 0 bridgehead atoms. The Morgan fingerprint density at radius 3 is 2.76 bits per heavy atom. The van der Waals surface area contributed by atoms with Crippen LogP contribution < -0.4 is 10.6 Å². The number of carboxylic acid groups (broad SMARTS) is 1. The number of nitrogens with one attached hydrogen (secondary N) is 2. The Morgan fingerprint density at radius 1 is 1.29 bits per heavy atom. The van der Waals surface area contributed by atoms with Crippen LogP contribution >= 0.6 is 0 Å². The van der Waals surface area contributed by atoms with Crippen LogP contribution in [0.1, 0.15) is 21.6 Å². The van der Waals surface area contributed by atoms with Gasteiger partial charge in [0.1, 0.15) is 6.33 Å². The zero-order valence-corrected chi connectivity index (χ0v) is 11.3. The molecule has 0 saturated heterocycles. The highest BCUT2D eigenvalue weighted by Crippen LogP contribution is 2.18. The minimum absolute atomic E-state index is 0.156. The molecule has 21 heavy (non-hydrogen) atoms. The maximum Gasteiger partial charge on any atom is 0.336 e. The highest BCUT2D eigenvalue weighted by atomic mass is 16.4. The van der Waals surface area contributed by atoms with Crippen LogP contribution in [0.2, 0.25) is 0 Å². The molecule has 0 radical (unpaired) electrons. The van der Waals surface area contributed by atoms with Gasteiger partial charge in [-0.3, -0.25) is 0 Å². The zero-order valence-electron chi connectivity index (χ0n) is 11.3. The van der Waals surface area contributed by atoms with Crippen molar-refractivity contribution in [3.05, 3.63) is 53.6 Å². The fourth-order valence-corrected chi connectivity index (χ4v) is 1.76. The first-order valence-corrected chi connectivity index (χ1v) is 6.20. The summed E-state index contributed by atoms with van der Waals surface area (Å²) in [7, 11) is 0. The third kappa shape index (κ3) is 3.75. The Kier molecular flexibility index (Phi) is 4.45. The number of benzene rings is 1. The fourth-order valence-electron chi connectivity index (χ4n) is 1.76. The lowest BCUT2D eigenvalue weighted by Gasteiger charge is -2.11. The number of rotatable bonds is 4. The maximum atomic E-state index is 11.8. The van der Waals surface area contributed by atoms with Crippen LogP contribution in [-0.2, 0) is 6.54 Å². The normalized spacial score (nSPS) is 9.95. The van der Waals surface area contributed by atoms with Crippen LogP contribution in [0.4, 0.5) is 10.5 Å². The third-order valence-corrected chi connectivity index (χ3v) is 2.89. The first-order chi connectivity index (χ1) is 10.1. The second-order valence-corrected chi connectivity index (χ2v) is 4.29. The number of aromatic carboxylic acids is 1. The van der Waals surface area contributed by atoms with E-state index in [9.17, 15) is 9.59 Å². The van der Waals surface area contributed by atoms with E-state index in [0.29, 0.717) is 16.9 Å². The Bertz CT molecular complexity index is 659. The molecule has 0 unspecified atom stereocenters. The number of carbonyl (C=O) groups is 2. The summed E-state index contributed by atoms with van der Waals surface area (Å²) < 4.78 is 0. The van der Waals surface area contributed by atoms with Gasteiger partial charge in [0, 0.05) is 11.9 Å². The molecule has 0 spiro atoms. The van der Waals surface area contributed by atoms with Crippen molar-refractivity contribution < 1.29 is 14.7 Å². The topological polar surface area (TPSA) is 104 Å². The first-order valence-electron chi connectivity index (χ1n) is 6.20. The van der Waals surface area contributed by atoms with E-state index in [1.54, 1.807) is 31.3 Å². The SMILES string of the molecule is Cc1c(NC(=O)NCc2ccncn2)cccc1C(=O)O.